The van der Waals surface area contributed by atoms with Gasteiger partial charge in [-0.2, -0.15) is 0 Å². The van der Waals surface area contributed by atoms with Gasteiger partial charge < -0.3 is 9.84 Å². The molecular weight excluding hydrogens is 278 g/mol. The minimum absolute atomic E-state index is 0.0650. The summed E-state index contributed by atoms with van der Waals surface area (Å²) in [6.45, 7) is 3.28. The number of hydrogen-bond donors (Lipinski definition) is 1. The molecule has 1 aromatic heterocycles. The van der Waals surface area contributed by atoms with Crippen molar-refractivity contribution in [3.05, 3.63) is 40.7 Å². The Morgan fingerprint density at radius 3 is 2.70 bits per heavy atom. The fraction of sp³-hybridized carbons (Fsp3) is 0.429. The van der Waals surface area contributed by atoms with E-state index < -0.39 is 0 Å². The van der Waals surface area contributed by atoms with Gasteiger partial charge in [0.2, 0.25) is 0 Å². The highest BCUT2D eigenvalue weighted by molar-refractivity contribution is 6.30. The van der Waals surface area contributed by atoms with Gasteiger partial charge in [-0.3, -0.25) is 0 Å². The highest BCUT2D eigenvalue weighted by Gasteiger charge is 2.09. The summed E-state index contributed by atoms with van der Waals surface area (Å²) < 4.78 is 7.45. The highest BCUT2D eigenvalue weighted by atomic mass is 35.5. The van der Waals surface area contributed by atoms with E-state index in [1.807, 2.05) is 23.7 Å². The molecule has 0 aliphatic rings. The molecule has 0 saturated heterocycles. The molecular formula is C14H18ClN3O2. The van der Waals surface area contributed by atoms with Crippen molar-refractivity contribution in [2.75, 3.05) is 6.61 Å². The molecule has 0 spiro atoms. The number of aliphatic hydroxyl groups excluding tert-OH is 1. The van der Waals surface area contributed by atoms with E-state index in [0.717, 1.165) is 30.8 Å². The lowest BCUT2D eigenvalue weighted by Gasteiger charge is -2.08. The second-order valence-corrected chi connectivity index (χ2v) is 4.81. The Labute approximate surface area is 123 Å². The molecule has 0 fully saturated rings. The average molecular weight is 296 g/mol. The molecule has 0 aliphatic carbocycles. The van der Waals surface area contributed by atoms with E-state index in [1.54, 1.807) is 12.1 Å². The molecule has 1 aromatic carbocycles. The molecule has 108 valence electrons. The third kappa shape index (κ3) is 3.71. The van der Waals surface area contributed by atoms with Crippen molar-refractivity contribution in [1.82, 2.24) is 15.0 Å². The first-order valence-corrected chi connectivity index (χ1v) is 7.02. The van der Waals surface area contributed by atoms with Gasteiger partial charge in [-0.15, -0.1) is 5.10 Å². The van der Waals surface area contributed by atoms with Crippen molar-refractivity contribution >= 4 is 11.6 Å². The summed E-state index contributed by atoms with van der Waals surface area (Å²) in [5.41, 5.74) is 1.64. The van der Waals surface area contributed by atoms with Crippen molar-refractivity contribution in [3.8, 4) is 5.75 Å². The molecule has 2 aromatic rings. The number of nitrogens with zero attached hydrogens (tertiary/aromatic N) is 3. The van der Waals surface area contributed by atoms with Gasteiger partial charge in [0, 0.05) is 18.0 Å². The Bertz CT molecular complexity index is 540. The number of benzene rings is 1. The Hall–Kier alpha value is -1.59. The zero-order valence-electron chi connectivity index (χ0n) is 11.4. The lowest BCUT2D eigenvalue weighted by molar-refractivity contribution is 0.275. The van der Waals surface area contributed by atoms with Crippen LogP contribution in [0.1, 0.15) is 24.7 Å². The summed E-state index contributed by atoms with van der Waals surface area (Å²) in [5, 5.41) is 17.9. The molecule has 0 radical (unpaired) electrons. The molecule has 0 atom stereocenters. The van der Waals surface area contributed by atoms with Gasteiger partial charge >= 0.3 is 0 Å². The largest absolute Gasteiger partial charge is 0.494 e. The predicted molar refractivity (Wildman–Crippen MR) is 76.9 cm³/mol. The number of hydrogen-bond acceptors (Lipinski definition) is 4. The average Bonchev–Trinajstić information content (AvgIpc) is 2.87. The maximum absolute atomic E-state index is 9.15. The fourth-order valence-corrected chi connectivity index (χ4v) is 2.12. The molecule has 5 nitrogen and oxygen atoms in total. The van der Waals surface area contributed by atoms with Gasteiger partial charge in [0.05, 0.1) is 18.9 Å². The monoisotopic (exact) mass is 295 g/mol. The van der Waals surface area contributed by atoms with E-state index >= 15 is 0 Å². The van der Waals surface area contributed by atoms with E-state index in [0.29, 0.717) is 17.3 Å². The van der Waals surface area contributed by atoms with E-state index in [1.165, 1.54) is 0 Å². The first-order chi connectivity index (χ1) is 9.74. The second-order valence-electron chi connectivity index (χ2n) is 4.37. The second kappa shape index (κ2) is 7.26. The van der Waals surface area contributed by atoms with E-state index in [4.69, 9.17) is 21.4 Å². The normalized spacial score (nSPS) is 10.8. The molecule has 6 heteroatoms. The maximum atomic E-state index is 9.15. The maximum Gasteiger partial charge on any atom is 0.119 e. The van der Waals surface area contributed by atoms with Gasteiger partial charge in [-0.1, -0.05) is 23.7 Å². The molecule has 20 heavy (non-hydrogen) atoms. The van der Waals surface area contributed by atoms with Crippen molar-refractivity contribution in [2.45, 2.75) is 32.9 Å². The van der Waals surface area contributed by atoms with Crippen LogP contribution in [0.4, 0.5) is 0 Å². The van der Waals surface area contributed by atoms with E-state index in [2.05, 4.69) is 10.3 Å². The number of aromatic nitrogens is 3. The van der Waals surface area contributed by atoms with Crippen molar-refractivity contribution in [2.24, 2.45) is 0 Å². The van der Waals surface area contributed by atoms with Gasteiger partial charge in [-0.05, 0) is 30.7 Å². The Balaban J connectivity index is 1.81. The van der Waals surface area contributed by atoms with Crippen LogP contribution in [0, 0.1) is 0 Å². The molecule has 0 unspecified atom stereocenters. The number of halogens is 1. The van der Waals surface area contributed by atoms with Gasteiger partial charge in [0.1, 0.15) is 11.4 Å². The van der Waals surface area contributed by atoms with Crippen LogP contribution >= 0.6 is 11.6 Å². The van der Waals surface area contributed by atoms with Crippen LogP contribution in [0.5, 0.6) is 5.75 Å². The number of aryl methyl sites for hydroxylation is 1. The van der Waals surface area contributed by atoms with Crippen LogP contribution in [0.25, 0.3) is 0 Å². The molecule has 1 N–H and O–H groups in total. The first kappa shape index (κ1) is 14.8. The quantitative estimate of drug-likeness (QED) is 0.797. The zero-order valence-corrected chi connectivity index (χ0v) is 12.2. The third-order valence-corrected chi connectivity index (χ3v) is 3.25. The molecule has 0 bridgehead atoms. The molecule has 0 saturated carbocycles. The van der Waals surface area contributed by atoms with Crippen molar-refractivity contribution < 1.29 is 9.84 Å². The summed E-state index contributed by atoms with van der Waals surface area (Å²) in [6, 6.07) is 7.30. The Morgan fingerprint density at radius 2 is 2.05 bits per heavy atom. The molecule has 0 amide bonds. The number of aliphatic hydroxyl groups is 1. The fourth-order valence-electron chi connectivity index (χ4n) is 1.99. The smallest absolute Gasteiger partial charge is 0.119 e. The predicted octanol–water partition coefficient (Wildman–Crippen LogP) is 2.46. The van der Waals surface area contributed by atoms with Crippen molar-refractivity contribution in [3.63, 3.8) is 0 Å². The van der Waals surface area contributed by atoms with Crippen LogP contribution in [-0.4, -0.2) is 26.7 Å². The summed E-state index contributed by atoms with van der Waals surface area (Å²) in [6.07, 6.45) is 1.63. The van der Waals surface area contributed by atoms with Crippen LogP contribution < -0.4 is 4.74 Å². The number of ether oxygens (including phenoxy) is 1. The molecule has 1 heterocycles. The van der Waals surface area contributed by atoms with Crippen molar-refractivity contribution in [1.29, 1.82) is 0 Å². The van der Waals surface area contributed by atoms with Gasteiger partial charge in [-0.25, -0.2) is 4.68 Å². The SMILES string of the molecule is CCc1c(CO)nnn1CCCOc1ccc(Cl)cc1. The molecule has 0 aliphatic heterocycles. The van der Waals surface area contributed by atoms with Crippen LogP contribution in [0.3, 0.4) is 0 Å². The Kier molecular flexibility index (Phi) is 5.38. The lowest BCUT2D eigenvalue weighted by Crippen LogP contribution is -2.09. The standard InChI is InChI=1S/C14H18ClN3O2/c1-2-14-13(10-19)16-17-18(14)8-3-9-20-12-6-4-11(15)5-7-12/h4-7,19H,2-3,8-10H2,1H3. The van der Waals surface area contributed by atoms with E-state index in [9.17, 15) is 0 Å². The van der Waals surface area contributed by atoms with Crippen LogP contribution in [0.2, 0.25) is 5.02 Å². The first-order valence-electron chi connectivity index (χ1n) is 6.65. The van der Waals surface area contributed by atoms with Crippen LogP contribution in [-0.2, 0) is 19.6 Å². The summed E-state index contributed by atoms with van der Waals surface area (Å²) in [4.78, 5) is 0. The minimum atomic E-state index is -0.0650. The van der Waals surface area contributed by atoms with Gasteiger partial charge in [0.25, 0.3) is 0 Å². The van der Waals surface area contributed by atoms with Crippen LogP contribution in [0.15, 0.2) is 24.3 Å². The topological polar surface area (TPSA) is 60.2 Å². The summed E-state index contributed by atoms with van der Waals surface area (Å²) in [7, 11) is 0. The summed E-state index contributed by atoms with van der Waals surface area (Å²) >= 11 is 5.81. The number of rotatable bonds is 7. The highest BCUT2D eigenvalue weighted by Crippen LogP contribution is 2.15. The lowest BCUT2D eigenvalue weighted by atomic mass is 10.2. The van der Waals surface area contributed by atoms with Gasteiger partial charge in [0.15, 0.2) is 0 Å². The minimum Gasteiger partial charge on any atom is -0.494 e. The Morgan fingerprint density at radius 1 is 1.30 bits per heavy atom. The zero-order chi connectivity index (χ0) is 14.4. The summed E-state index contributed by atoms with van der Waals surface area (Å²) in [5.74, 6) is 0.805. The van der Waals surface area contributed by atoms with E-state index in [-0.39, 0.29) is 6.61 Å². The molecule has 2 rings (SSSR count). The third-order valence-electron chi connectivity index (χ3n) is 3.00.